The summed E-state index contributed by atoms with van der Waals surface area (Å²) in [4.78, 5) is 4.79. The van der Waals surface area contributed by atoms with Crippen molar-refractivity contribution in [3.63, 3.8) is 0 Å². The minimum absolute atomic E-state index is 0.107. The number of furan rings is 1. The molecule has 0 atom stereocenters. The van der Waals surface area contributed by atoms with Crippen molar-refractivity contribution >= 4 is 21.7 Å². The zero-order valence-electron chi connectivity index (χ0n) is 15.9. The van der Waals surface area contributed by atoms with Gasteiger partial charge in [-0.05, 0) is 23.1 Å². The molecule has 2 aromatic heterocycles. The van der Waals surface area contributed by atoms with E-state index in [1.54, 1.807) is 0 Å². The highest BCUT2D eigenvalue weighted by Crippen LogP contribution is 2.55. The highest BCUT2D eigenvalue weighted by molar-refractivity contribution is 5.99. The number of hydrogen-bond donors (Lipinski definition) is 0. The summed E-state index contributed by atoms with van der Waals surface area (Å²) in [7, 11) is 0. The van der Waals surface area contributed by atoms with Crippen molar-refractivity contribution in [3.05, 3.63) is 90.1 Å². The van der Waals surface area contributed by atoms with Crippen LogP contribution in [0.5, 0.6) is 0 Å². The summed E-state index contributed by atoms with van der Waals surface area (Å²) >= 11 is 0. The lowest BCUT2D eigenvalue weighted by molar-refractivity contribution is 0.619. The summed E-state index contributed by atoms with van der Waals surface area (Å²) in [5.41, 5.74) is 6.73. The summed E-state index contributed by atoms with van der Waals surface area (Å²) in [6, 6.07) is 25.4. The monoisotopic (exact) mass is 361 g/mol. The van der Waals surface area contributed by atoms with Gasteiger partial charge in [0.15, 0.2) is 0 Å². The third-order valence-electron chi connectivity index (χ3n) is 6.09. The molecule has 0 amide bonds. The summed E-state index contributed by atoms with van der Waals surface area (Å²) in [5, 5.41) is 3.56. The van der Waals surface area contributed by atoms with E-state index in [2.05, 4.69) is 74.5 Å². The van der Waals surface area contributed by atoms with Crippen LogP contribution in [0.1, 0.15) is 25.0 Å². The van der Waals surface area contributed by atoms with Crippen LogP contribution in [-0.2, 0) is 5.41 Å². The molecule has 5 aromatic rings. The molecular formula is C26H19NO. The smallest absolute Gasteiger partial charge is 0.140 e. The van der Waals surface area contributed by atoms with Crippen molar-refractivity contribution in [1.82, 2.24) is 4.98 Å². The van der Waals surface area contributed by atoms with Crippen LogP contribution in [0.3, 0.4) is 0 Å². The second kappa shape index (κ2) is 5.32. The van der Waals surface area contributed by atoms with Crippen LogP contribution in [0.15, 0.2) is 83.4 Å². The number of nitrogens with zero attached hydrogens (tertiary/aromatic N) is 1. The molecule has 0 N–H and O–H groups in total. The SMILES string of the molecule is CC1(C)c2cccc(-c3cc4ccccc4cn3)c2-c2oc3ccccc3c21. The van der Waals surface area contributed by atoms with Crippen LogP contribution in [0.4, 0.5) is 0 Å². The van der Waals surface area contributed by atoms with Crippen molar-refractivity contribution in [2.24, 2.45) is 0 Å². The van der Waals surface area contributed by atoms with Crippen LogP contribution in [0.25, 0.3) is 44.3 Å². The molecule has 0 fully saturated rings. The zero-order chi connectivity index (χ0) is 18.9. The Hall–Kier alpha value is -3.39. The zero-order valence-corrected chi connectivity index (χ0v) is 15.9. The molecule has 28 heavy (non-hydrogen) atoms. The minimum Gasteiger partial charge on any atom is -0.456 e. The number of benzene rings is 3. The van der Waals surface area contributed by atoms with Crippen LogP contribution < -0.4 is 0 Å². The van der Waals surface area contributed by atoms with Crippen molar-refractivity contribution < 1.29 is 4.42 Å². The van der Waals surface area contributed by atoms with Crippen LogP contribution in [-0.4, -0.2) is 4.98 Å². The first-order valence-corrected chi connectivity index (χ1v) is 9.65. The van der Waals surface area contributed by atoms with Crippen LogP contribution in [0, 0.1) is 0 Å². The maximum Gasteiger partial charge on any atom is 0.140 e. The van der Waals surface area contributed by atoms with Crippen molar-refractivity contribution in [1.29, 1.82) is 0 Å². The Morgan fingerprint density at radius 2 is 1.61 bits per heavy atom. The maximum atomic E-state index is 6.39. The second-order valence-corrected chi connectivity index (χ2v) is 8.07. The van der Waals surface area contributed by atoms with E-state index in [4.69, 9.17) is 9.40 Å². The average molecular weight is 361 g/mol. The van der Waals surface area contributed by atoms with E-state index in [0.29, 0.717) is 0 Å². The highest BCUT2D eigenvalue weighted by Gasteiger charge is 2.41. The van der Waals surface area contributed by atoms with Gasteiger partial charge in [-0.15, -0.1) is 0 Å². The standard InChI is InChI=1S/C26H19NO/c1-26(2)20-12-7-11-18(21-14-16-8-3-4-9-17(16)15-27-21)23(20)25-24(26)19-10-5-6-13-22(19)28-25/h3-15H,1-2H3. The van der Waals surface area contributed by atoms with E-state index < -0.39 is 0 Å². The van der Waals surface area contributed by atoms with Gasteiger partial charge in [0.1, 0.15) is 11.3 Å². The molecule has 0 radical (unpaired) electrons. The molecule has 0 spiro atoms. The molecule has 0 unspecified atom stereocenters. The van der Waals surface area contributed by atoms with E-state index in [-0.39, 0.29) is 5.41 Å². The van der Waals surface area contributed by atoms with E-state index in [9.17, 15) is 0 Å². The molecule has 0 saturated heterocycles. The largest absolute Gasteiger partial charge is 0.456 e. The average Bonchev–Trinajstić information content (AvgIpc) is 3.22. The fourth-order valence-corrected chi connectivity index (χ4v) is 4.74. The number of hydrogen-bond acceptors (Lipinski definition) is 2. The summed E-state index contributed by atoms with van der Waals surface area (Å²) < 4.78 is 6.39. The maximum absolute atomic E-state index is 6.39. The molecule has 0 aliphatic heterocycles. The Labute approximate surface area is 163 Å². The molecule has 6 rings (SSSR count). The third-order valence-corrected chi connectivity index (χ3v) is 6.09. The number of rotatable bonds is 1. The predicted molar refractivity (Wildman–Crippen MR) is 115 cm³/mol. The van der Waals surface area contributed by atoms with Gasteiger partial charge in [-0.2, -0.15) is 0 Å². The minimum atomic E-state index is -0.107. The lowest BCUT2D eigenvalue weighted by atomic mass is 9.81. The van der Waals surface area contributed by atoms with E-state index in [0.717, 1.165) is 28.0 Å². The van der Waals surface area contributed by atoms with Gasteiger partial charge in [0.25, 0.3) is 0 Å². The Morgan fingerprint density at radius 3 is 2.50 bits per heavy atom. The molecule has 0 saturated carbocycles. The van der Waals surface area contributed by atoms with Crippen molar-refractivity contribution in [3.8, 4) is 22.6 Å². The van der Waals surface area contributed by atoms with Gasteiger partial charge < -0.3 is 4.42 Å². The third kappa shape index (κ3) is 1.95. The Kier molecular flexibility index (Phi) is 2.98. The summed E-state index contributed by atoms with van der Waals surface area (Å²) in [6.07, 6.45) is 1.96. The fourth-order valence-electron chi connectivity index (χ4n) is 4.74. The normalized spacial score (nSPS) is 14.4. The Morgan fingerprint density at radius 1 is 0.821 bits per heavy atom. The molecule has 0 bridgehead atoms. The molecule has 1 aliphatic carbocycles. The lowest BCUT2D eigenvalue weighted by Gasteiger charge is -2.21. The molecule has 134 valence electrons. The van der Waals surface area contributed by atoms with Gasteiger partial charge in [0.05, 0.1) is 5.69 Å². The van der Waals surface area contributed by atoms with Gasteiger partial charge in [0, 0.05) is 39.1 Å². The highest BCUT2D eigenvalue weighted by atomic mass is 16.3. The van der Waals surface area contributed by atoms with E-state index in [1.807, 2.05) is 18.3 Å². The quantitative estimate of drug-likeness (QED) is 0.323. The Bertz CT molecular complexity index is 1390. The number of fused-ring (bicyclic) bond motifs is 6. The number of pyridine rings is 1. The van der Waals surface area contributed by atoms with E-state index >= 15 is 0 Å². The lowest BCUT2D eigenvalue weighted by Crippen LogP contribution is -2.14. The van der Waals surface area contributed by atoms with Crippen molar-refractivity contribution in [2.75, 3.05) is 0 Å². The summed E-state index contributed by atoms with van der Waals surface area (Å²) in [5.74, 6) is 0.992. The molecule has 3 aromatic carbocycles. The van der Waals surface area contributed by atoms with E-state index in [1.165, 1.54) is 27.5 Å². The van der Waals surface area contributed by atoms with Gasteiger partial charge in [-0.1, -0.05) is 74.5 Å². The first-order valence-electron chi connectivity index (χ1n) is 9.65. The van der Waals surface area contributed by atoms with Crippen molar-refractivity contribution in [2.45, 2.75) is 19.3 Å². The molecule has 1 aliphatic rings. The fraction of sp³-hybridized carbons (Fsp3) is 0.115. The van der Waals surface area contributed by atoms with Gasteiger partial charge in [-0.25, -0.2) is 0 Å². The second-order valence-electron chi connectivity index (χ2n) is 8.07. The van der Waals surface area contributed by atoms with Gasteiger partial charge >= 0.3 is 0 Å². The molecule has 2 nitrogen and oxygen atoms in total. The van der Waals surface area contributed by atoms with Crippen LogP contribution in [0.2, 0.25) is 0 Å². The molecule has 2 heterocycles. The molecule has 2 heteroatoms. The van der Waals surface area contributed by atoms with Crippen LogP contribution >= 0.6 is 0 Å². The number of aromatic nitrogens is 1. The van der Waals surface area contributed by atoms with Gasteiger partial charge in [-0.3, -0.25) is 4.98 Å². The summed E-state index contributed by atoms with van der Waals surface area (Å²) in [6.45, 7) is 4.58. The predicted octanol–water partition coefficient (Wildman–Crippen LogP) is 6.95. The molecular weight excluding hydrogens is 342 g/mol. The number of para-hydroxylation sites is 1. The first kappa shape index (κ1) is 15.6. The topological polar surface area (TPSA) is 26.0 Å². The van der Waals surface area contributed by atoms with Gasteiger partial charge in [0.2, 0.25) is 0 Å². The first-order chi connectivity index (χ1) is 13.6. The Balaban J connectivity index is 1.69.